The maximum absolute atomic E-state index is 11.5. The third-order valence-corrected chi connectivity index (χ3v) is 3.86. The van der Waals surface area contributed by atoms with Crippen molar-refractivity contribution in [2.24, 2.45) is 11.8 Å². The van der Waals surface area contributed by atoms with Crippen molar-refractivity contribution in [3.63, 3.8) is 0 Å². The van der Waals surface area contributed by atoms with Gasteiger partial charge in [0.2, 0.25) is 0 Å². The Balaban J connectivity index is 2.02. The molecule has 0 radical (unpaired) electrons. The van der Waals surface area contributed by atoms with E-state index in [4.69, 9.17) is 8.83 Å². The highest BCUT2D eigenvalue weighted by Crippen LogP contribution is 2.57. The molecule has 0 saturated heterocycles. The van der Waals surface area contributed by atoms with Crippen LogP contribution in [0.25, 0.3) is 0 Å². The number of carboxylic acid groups (broad SMARTS) is 2. The lowest BCUT2D eigenvalue weighted by Gasteiger charge is -2.45. The fourth-order valence-corrected chi connectivity index (χ4v) is 3.03. The van der Waals surface area contributed by atoms with Crippen molar-refractivity contribution in [2.45, 2.75) is 11.8 Å². The van der Waals surface area contributed by atoms with E-state index < -0.39 is 35.6 Å². The lowest BCUT2D eigenvalue weighted by Crippen LogP contribution is -2.50. The highest BCUT2D eigenvalue weighted by molar-refractivity contribution is 5.83. The maximum atomic E-state index is 11.5. The molecule has 0 amide bonds. The molecule has 2 N–H and O–H groups in total. The number of carbonyl (C=O) groups is 2. The van der Waals surface area contributed by atoms with Crippen molar-refractivity contribution in [1.82, 2.24) is 0 Å². The summed E-state index contributed by atoms with van der Waals surface area (Å²) in [6.07, 6.45) is 2.82. The van der Waals surface area contributed by atoms with Crippen LogP contribution in [0.2, 0.25) is 0 Å². The van der Waals surface area contributed by atoms with Gasteiger partial charge in [-0.15, -0.1) is 0 Å². The quantitative estimate of drug-likeness (QED) is 0.887. The van der Waals surface area contributed by atoms with Crippen molar-refractivity contribution in [2.75, 3.05) is 0 Å². The number of furan rings is 2. The molecule has 1 aliphatic rings. The van der Waals surface area contributed by atoms with Crippen molar-refractivity contribution in [3.05, 3.63) is 48.3 Å². The smallest absolute Gasteiger partial charge is 0.308 e. The van der Waals surface area contributed by atoms with Gasteiger partial charge in [-0.1, -0.05) is 0 Å². The summed E-state index contributed by atoms with van der Waals surface area (Å²) in [5, 5.41) is 18.8. The topological polar surface area (TPSA) is 101 Å². The molecule has 6 heteroatoms. The molecule has 6 nitrogen and oxygen atoms in total. The van der Waals surface area contributed by atoms with Crippen LogP contribution in [-0.4, -0.2) is 22.2 Å². The van der Waals surface area contributed by atoms with Gasteiger partial charge in [-0.3, -0.25) is 9.59 Å². The molecule has 0 spiro atoms. The van der Waals surface area contributed by atoms with Crippen LogP contribution in [0.3, 0.4) is 0 Å². The first kappa shape index (κ1) is 12.5. The maximum Gasteiger partial charge on any atom is 0.308 e. The summed E-state index contributed by atoms with van der Waals surface area (Å²) in [7, 11) is 0. The number of hydrogen-bond acceptors (Lipinski definition) is 4. The number of aliphatic carboxylic acids is 2. The minimum atomic E-state index is -1.05. The standard InChI is InChI=1S/C14H12O6/c15-13(16)11-9(7-3-1-5-19-7)12(14(17)18)10(11)8-4-2-6-20-8/h1-6,9-12H,(H,15,16)(H,17,18). The molecular weight excluding hydrogens is 264 g/mol. The summed E-state index contributed by atoms with van der Waals surface area (Å²) < 4.78 is 10.4. The van der Waals surface area contributed by atoms with Gasteiger partial charge >= 0.3 is 11.9 Å². The zero-order valence-electron chi connectivity index (χ0n) is 10.3. The summed E-state index contributed by atoms with van der Waals surface area (Å²) in [5.74, 6) is -4.44. The second-order valence-electron chi connectivity index (χ2n) is 4.81. The summed E-state index contributed by atoms with van der Waals surface area (Å²) in [6, 6.07) is 6.45. The summed E-state index contributed by atoms with van der Waals surface area (Å²) in [6.45, 7) is 0. The van der Waals surface area contributed by atoms with Crippen LogP contribution in [0.5, 0.6) is 0 Å². The molecule has 2 heterocycles. The Kier molecular flexibility index (Phi) is 2.85. The van der Waals surface area contributed by atoms with Crippen LogP contribution < -0.4 is 0 Å². The highest BCUT2D eigenvalue weighted by Gasteiger charge is 2.61. The van der Waals surface area contributed by atoms with Crippen LogP contribution in [0.15, 0.2) is 45.6 Å². The Labute approximate surface area is 113 Å². The second-order valence-corrected chi connectivity index (χ2v) is 4.81. The van der Waals surface area contributed by atoms with Crippen LogP contribution in [-0.2, 0) is 9.59 Å². The Morgan fingerprint density at radius 2 is 1.25 bits per heavy atom. The molecule has 0 atom stereocenters. The summed E-state index contributed by atoms with van der Waals surface area (Å²) in [4.78, 5) is 23.0. The molecule has 0 bridgehead atoms. The zero-order valence-corrected chi connectivity index (χ0v) is 10.3. The highest BCUT2D eigenvalue weighted by atomic mass is 16.4. The lowest BCUT2D eigenvalue weighted by atomic mass is 9.55. The van der Waals surface area contributed by atoms with Gasteiger partial charge in [0.25, 0.3) is 0 Å². The SMILES string of the molecule is O=C(O)C1C(c2ccco2)C(C(=O)O)C1c1ccco1. The van der Waals surface area contributed by atoms with Crippen LogP contribution in [0.4, 0.5) is 0 Å². The van der Waals surface area contributed by atoms with Crippen LogP contribution in [0, 0.1) is 11.8 Å². The first-order valence-electron chi connectivity index (χ1n) is 6.13. The second kappa shape index (κ2) is 4.56. The summed E-state index contributed by atoms with van der Waals surface area (Å²) in [5.41, 5.74) is 0. The van der Waals surface area contributed by atoms with Gasteiger partial charge in [0, 0.05) is 11.8 Å². The first-order chi connectivity index (χ1) is 9.61. The lowest BCUT2D eigenvalue weighted by molar-refractivity contribution is -0.161. The van der Waals surface area contributed by atoms with E-state index in [0.29, 0.717) is 11.5 Å². The zero-order chi connectivity index (χ0) is 14.3. The van der Waals surface area contributed by atoms with Crippen molar-refractivity contribution >= 4 is 11.9 Å². The van der Waals surface area contributed by atoms with Gasteiger partial charge in [0.1, 0.15) is 11.5 Å². The molecule has 0 aliphatic heterocycles. The molecule has 0 unspecified atom stereocenters. The molecule has 104 valence electrons. The van der Waals surface area contributed by atoms with Gasteiger partial charge < -0.3 is 19.0 Å². The number of hydrogen-bond donors (Lipinski definition) is 2. The van der Waals surface area contributed by atoms with E-state index in [0.717, 1.165) is 0 Å². The van der Waals surface area contributed by atoms with E-state index in [1.807, 2.05) is 0 Å². The monoisotopic (exact) mass is 276 g/mol. The predicted molar refractivity (Wildman–Crippen MR) is 65.1 cm³/mol. The molecule has 2 aromatic rings. The van der Waals surface area contributed by atoms with Gasteiger partial charge in [0.05, 0.1) is 24.4 Å². The van der Waals surface area contributed by atoms with Crippen LogP contribution in [0.1, 0.15) is 23.4 Å². The van der Waals surface area contributed by atoms with Gasteiger partial charge in [-0.2, -0.15) is 0 Å². The Morgan fingerprint density at radius 3 is 1.50 bits per heavy atom. The third-order valence-electron chi connectivity index (χ3n) is 3.86. The normalized spacial score (nSPS) is 28.8. The molecule has 20 heavy (non-hydrogen) atoms. The minimum absolute atomic E-state index is 0.382. The Morgan fingerprint density at radius 1 is 0.850 bits per heavy atom. The Bertz CT molecular complexity index is 548. The van der Waals surface area contributed by atoms with E-state index in [1.54, 1.807) is 24.3 Å². The number of carboxylic acids is 2. The molecular formula is C14H12O6. The van der Waals surface area contributed by atoms with Crippen molar-refractivity contribution in [3.8, 4) is 0 Å². The van der Waals surface area contributed by atoms with E-state index in [1.165, 1.54) is 12.5 Å². The molecule has 1 saturated carbocycles. The van der Waals surface area contributed by atoms with E-state index in [-0.39, 0.29) is 0 Å². The predicted octanol–water partition coefficient (Wildman–Crippen LogP) is 2.16. The fourth-order valence-electron chi connectivity index (χ4n) is 3.03. The Hall–Kier alpha value is -2.50. The van der Waals surface area contributed by atoms with Gasteiger partial charge in [0.15, 0.2) is 0 Å². The first-order valence-corrected chi connectivity index (χ1v) is 6.13. The average Bonchev–Trinajstić information content (AvgIpc) is 2.98. The number of rotatable bonds is 4. The molecule has 1 aliphatic carbocycles. The molecule has 2 aromatic heterocycles. The largest absolute Gasteiger partial charge is 0.481 e. The van der Waals surface area contributed by atoms with Crippen molar-refractivity contribution in [1.29, 1.82) is 0 Å². The van der Waals surface area contributed by atoms with Gasteiger partial charge in [-0.05, 0) is 24.3 Å². The average molecular weight is 276 g/mol. The minimum Gasteiger partial charge on any atom is -0.481 e. The van der Waals surface area contributed by atoms with E-state index in [9.17, 15) is 19.8 Å². The van der Waals surface area contributed by atoms with E-state index >= 15 is 0 Å². The van der Waals surface area contributed by atoms with Crippen LogP contribution >= 0.6 is 0 Å². The third kappa shape index (κ3) is 1.72. The van der Waals surface area contributed by atoms with Crippen molar-refractivity contribution < 1.29 is 28.6 Å². The molecule has 3 rings (SSSR count). The van der Waals surface area contributed by atoms with Gasteiger partial charge in [-0.25, -0.2) is 0 Å². The summed E-state index contributed by atoms with van der Waals surface area (Å²) >= 11 is 0. The fraction of sp³-hybridized carbons (Fsp3) is 0.286. The van der Waals surface area contributed by atoms with E-state index in [2.05, 4.69) is 0 Å². The molecule has 1 fully saturated rings. The molecule has 0 aromatic carbocycles.